The average Bonchev–Trinajstić information content (AvgIpc) is 3.41. The van der Waals surface area contributed by atoms with Gasteiger partial charge < -0.3 is 20.3 Å². The van der Waals surface area contributed by atoms with Gasteiger partial charge in [-0.05, 0) is 25.7 Å². The van der Waals surface area contributed by atoms with Crippen LogP contribution in [0.25, 0.3) is 0 Å². The van der Waals surface area contributed by atoms with E-state index in [0.717, 1.165) is 38.5 Å². The van der Waals surface area contributed by atoms with Gasteiger partial charge in [0.05, 0.1) is 25.4 Å². The second kappa shape index (κ2) is 65.4. The maximum absolute atomic E-state index is 12.5. The largest absolute Gasteiger partial charge is 0.466 e. The van der Waals surface area contributed by atoms with E-state index in [1.165, 1.54) is 334 Å². The maximum atomic E-state index is 12.5. The molecule has 0 spiro atoms. The number of nitrogens with one attached hydrogen (secondary N) is 1. The quantitative estimate of drug-likeness (QED) is 0.0417. The summed E-state index contributed by atoms with van der Waals surface area (Å²) >= 11 is 0. The molecule has 0 heterocycles. The van der Waals surface area contributed by atoms with Crippen molar-refractivity contribution in [3.8, 4) is 0 Å². The van der Waals surface area contributed by atoms with Crippen LogP contribution in [0.1, 0.15) is 406 Å². The van der Waals surface area contributed by atoms with Crippen LogP contribution in [0.3, 0.4) is 0 Å². The molecule has 0 radical (unpaired) electrons. The zero-order valence-electron chi connectivity index (χ0n) is 51.3. The van der Waals surface area contributed by atoms with E-state index in [1.807, 2.05) is 0 Å². The molecule has 2 unspecified atom stereocenters. The molecule has 0 aromatic heterocycles. The molecule has 0 aliphatic heterocycles. The van der Waals surface area contributed by atoms with Crippen molar-refractivity contribution in [1.82, 2.24) is 5.32 Å². The second-order valence-electron chi connectivity index (χ2n) is 24.2. The third-order valence-electron chi connectivity index (χ3n) is 16.7. The van der Waals surface area contributed by atoms with Crippen LogP contribution in [0, 0.1) is 0 Å². The van der Waals surface area contributed by atoms with Crippen LogP contribution in [0.2, 0.25) is 0 Å². The fourth-order valence-electron chi connectivity index (χ4n) is 11.4. The molecule has 2 atom stereocenters. The first kappa shape index (κ1) is 73.9. The van der Waals surface area contributed by atoms with Gasteiger partial charge in [-0.3, -0.25) is 9.59 Å². The number of aliphatic hydroxyl groups is 2. The molecule has 0 aliphatic rings. The predicted molar refractivity (Wildman–Crippen MR) is 329 cm³/mol. The summed E-state index contributed by atoms with van der Waals surface area (Å²) in [4.78, 5) is 24.6. The minimum atomic E-state index is -0.660. The molecule has 75 heavy (non-hydrogen) atoms. The molecule has 1 amide bonds. The number of carbonyl (C=O) groups excluding carboxylic acids is 2. The number of ether oxygens (including phenoxy) is 1. The van der Waals surface area contributed by atoms with Gasteiger partial charge in [0.2, 0.25) is 5.91 Å². The van der Waals surface area contributed by atoms with Crippen LogP contribution in [0.5, 0.6) is 0 Å². The molecule has 0 saturated heterocycles. The highest BCUT2D eigenvalue weighted by molar-refractivity contribution is 5.76. The third-order valence-corrected chi connectivity index (χ3v) is 16.7. The van der Waals surface area contributed by atoms with Crippen molar-refractivity contribution in [3.63, 3.8) is 0 Å². The standard InChI is InChI=1S/C69H137NO5/c1-3-5-7-9-11-13-15-17-18-19-32-35-39-43-47-51-55-59-63-69(74)75-64-60-56-52-48-44-40-36-33-30-28-26-24-22-20-21-23-25-27-29-31-34-38-42-46-50-54-58-62-68(73)70-66(65-71)67(72)61-57-53-49-45-41-37-16-14-12-10-8-6-4-2/h66-67,71-72H,3-65H2,1-2H3,(H,70,73). The van der Waals surface area contributed by atoms with Crippen molar-refractivity contribution in [2.75, 3.05) is 13.2 Å². The summed E-state index contributed by atoms with van der Waals surface area (Å²) in [5, 5.41) is 23.3. The molecule has 0 aromatic carbocycles. The maximum Gasteiger partial charge on any atom is 0.305 e. The smallest absolute Gasteiger partial charge is 0.305 e. The Bertz CT molecular complexity index is 1080. The molecular formula is C69H137NO5. The van der Waals surface area contributed by atoms with E-state index < -0.39 is 12.1 Å². The molecule has 0 aliphatic carbocycles. The number of esters is 1. The molecule has 3 N–H and O–H groups in total. The van der Waals surface area contributed by atoms with Crippen molar-refractivity contribution in [1.29, 1.82) is 0 Å². The summed E-state index contributed by atoms with van der Waals surface area (Å²) in [5.41, 5.74) is 0. The van der Waals surface area contributed by atoms with Crippen molar-refractivity contribution in [2.45, 2.75) is 418 Å². The number of unbranched alkanes of at least 4 members (excludes halogenated alkanes) is 55. The number of carbonyl (C=O) groups is 2. The summed E-state index contributed by atoms with van der Waals surface area (Å²) in [6.45, 7) is 5.00. The van der Waals surface area contributed by atoms with E-state index in [0.29, 0.717) is 25.9 Å². The van der Waals surface area contributed by atoms with E-state index in [1.54, 1.807) is 0 Å². The Morgan fingerprint density at radius 3 is 0.813 bits per heavy atom. The molecule has 0 aromatic rings. The molecule has 6 nitrogen and oxygen atoms in total. The molecule has 448 valence electrons. The van der Waals surface area contributed by atoms with Crippen molar-refractivity contribution >= 4 is 11.9 Å². The highest BCUT2D eigenvalue weighted by Crippen LogP contribution is 2.19. The van der Waals surface area contributed by atoms with Crippen molar-refractivity contribution in [2.24, 2.45) is 0 Å². The van der Waals surface area contributed by atoms with Gasteiger partial charge in [0.1, 0.15) is 0 Å². The normalized spacial score (nSPS) is 12.4. The monoisotopic (exact) mass is 1060 g/mol. The van der Waals surface area contributed by atoms with E-state index in [4.69, 9.17) is 4.74 Å². The third kappa shape index (κ3) is 61.9. The molecule has 6 heteroatoms. The van der Waals surface area contributed by atoms with E-state index in [-0.39, 0.29) is 18.5 Å². The Balaban J connectivity index is 3.30. The fraction of sp³-hybridized carbons (Fsp3) is 0.971. The predicted octanol–water partition coefficient (Wildman–Crippen LogP) is 22.2. The highest BCUT2D eigenvalue weighted by atomic mass is 16.5. The fourth-order valence-corrected chi connectivity index (χ4v) is 11.4. The number of rotatable bonds is 66. The van der Waals surface area contributed by atoms with Gasteiger partial charge in [-0.1, -0.05) is 367 Å². The number of aliphatic hydroxyl groups excluding tert-OH is 2. The molecular weight excluding hydrogens is 923 g/mol. The Hall–Kier alpha value is -1.14. The van der Waals surface area contributed by atoms with Crippen LogP contribution in [0.15, 0.2) is 0 Å². The van der Waals surface area contributed by atoms with E-state index in [2.05, 4.69) is 19.2 Å². The van der Waals surface area contributed by atoms with Gasteiger partial charge in [-0.15, -0.1) is 0 Å². The van der Waals surface area contributed by atoms with Gasteiger partial charge in [-0.25, -0.2) is 0 Å². The molecule has 0 bridgehead atoms. The lowest BCUT2D eigenvalue weighted by Gasteiger charge is -2.22. The second-order valence-corrected chi connectivity index (χ2v) is 24.2. The number of amides is 1. The molecule has 0 fully saturated rings. The Labute approximate surface area is 470 Å². The topological polar surface area (TPSA) is 95.9 Å². The van der Waals surface area contributed by atoms with Crippen LogP contribution in [-0.4, -0.2) is 47.4 Å². The lowest BCUT2D eigenvalue weighted by Crippen LogP contribution is -2.45. The first-order chi connectivity index (χ1) is 37.0. The summed E-state index contributed by atoms with van der Waals surface area (Å²) in [6.07, 6.45) is 78.7. The summed E-state index contributed by atoms with van der Waals surface area (Å²) in [6, 6.07) is -0.537. The molecule has 0 saturated carbocycles. The number of hydrogen-bond donors (Lipinski definition) is 3. The first-order valence-corrected chi connectivity index (χ1v) is 34.8. The lowest BCUT2D eigenvalue weighted by molar-refractivity contribution is -0.143. The zero-order chi connectivity index (χ0) is 54.3. The van der Waals surface area contributed by atoms with Gasteiger partial charge in [0.25, 0.3) is 0 Å². The molecule has 0 rings (SSSR count). The lowest BCUT2D eigenvalue weighted by atomic mass is 10.0. The van der Waals surface area contributed by atoms with E-state index >= 15 is 0 Å². The Morgan fingerprint density at radius 1 is 0.320 bits per heavy atom. The Kier molecular flexibility index (Phi) is 64.4. The average molecular weight is 1060 g/mol. The van der Waals surface area contributed by atoms with Crippen molar-refractivity contribution in [3.05, 3.63) is 0 Å². The zero-order valence-corrected chi connectivity index (χ0v) is 51.3. The van der Waals surface area contributed by atoms with Crippen molar-refractivity contribution < 1.29 is 24.5 Å². The van der Waals surface area contributed by atoms with Crippen LogP contribution in [0.4, 0.5) is 0 Å². The summed E-state index contributed by atoms with van der Waals surface area (Å²) in [5.74, 6) is -0.00576. The Morgan fingerprint density at radius 2 is 0.547 bits per heavy atom. The summed E-state index contributed by atoms with van der Waals surface area (Å²) < 4.78 is 5.51. The summed E-state index contributed by atoms with van der Waals surface area (Å²) in [7, 11) is 0. The van der Waals surface area contributed by atoms with Gasteiger partial charge in [0.15, 0.2) is 0 Å². The van der Waals surface area contributed by atoms with Crippen LogP contribution < -0.4 is 5.32 Å². The van der Waals surface area contributed by atoms with Crippen LogP contribution in [-0.2, 0) is 14.3 Å². The van der Waals surface area contributed by atoms with E-state index in [9.17, 15) is 19.8 Å². The minimum absolute atomic E-state index is 0.0237. The highest BCUT2D eigenvalue weighted by Gasteiger charge is 2.20. The number of hydrogen-bond acceptors (Lipinski definition) is 5. The van der Waals surface area contributed by atoms with Gasteiger partial charge in [-0.2, -0.15) is 0 Å². The first-order valence-electron chi connectivity index (χ1n) is 34.8. The minimum Gasteiger partial charge on any atom is -0.466 e. The van der Waals surface area contributed by atoms with Gasteiger partial charge in [0, 0.05) is 12.8 Å². The SMILES string of the molecule is CCCCCCCCCCCCCCCCCCCCC(=O)OCCCCCCCCCCCCCCCCCCCCCCCCCCCCCC(=O)NC(CO)C(O)CCCCCCCCCCCCCCC. The van der Waals surface area contributed by atoms with Crippen LogP contribution >= 0.6 is 0 Å². The van der Waals surface area contributed by atoms with Gasteiger partial charge >= 0.3 is 5.97 Å².